The van der Waals surface area contributed by atoms with Gasteiger partial charge in [0.15, 0.2) is 0 Å². The molecule has 0 spiro atoms. The normalized spacial score (nSPS) is 43.5. The first-order chi connectivity index (χ1) is 6.16. The summed E-state index contributed by atoms with van der Waals surface area (Å²) in [6.45, 7) is 2.29. The van der Waals surface area contributed by atoms with E-state index in [2.05, 4.69) is 6.92 Å². The lowest BCUT2D eigenvalue weighted by molar-refractivity contribution is -0.113. The van der Waals surface area contributed by atoms with Crippen molar-refractivity contribution in [3.05, 3.63) is 0 Å². The molecule has 0 heterocycles. The molecule has 74 valence electrons. The van der Waals surface area contributed by atoms with Crippen LogP contribution in [-0.4, -0.2) is 5.24 Å². The van der Waals surface area contributed by atoms with Crippen LogP contribution in [0.4, 0.5) is 0 Å². The number of halogens is 1. The molecule has 0 N–H and O–H groups in total. The van der Waals surface area contributed by atoms with Gasteiger partial charge in [0.05, 0.1) is 0 Å². The fraction of sp³-hybridized carbons (Fsp3) is 0.909. The lowest BCUT2D eigenvalue weighted by Gasteiger charge is -2.33. The van der Waals surface area contributed by atoms with E-state index in [0.717, 1.165) is 11.8 Å². The molecular weight excluding hydrogens is 184 g/mol. The predicted molar refractivity (Wildman–Crippen MR) is 53.6 cm³/mol. The monoisotopic (exact) mass is 200 g/mol. The summed E-state index contributed by atoms with van der Waals surface area (Å²) in [5.74, 6) is 3.07. The number of fused-ring (bicyclic) bond motifs is 2. The lowest BCUT2D eigenvalue weighted by atomic mass is 9.72. The molecule has 4 atom stereocenters. The maximum Gasteiger partial charge on any atom is 0.221 e. The summed E-state index contributed by atoms with van der Waals surface area (Å²) in [5, 5.41) is -0.137. The van der Waals surface area contributed by atoms with Gasteiger partial charge in [0.2, 0.25) is 5.24 Å². The molecule has 0 aromatic carbocycles. The number of hydrogen-bond donors (Lipinski definition) is 0. The van der Waals surface area contributed by atoms with E-state index in [1.54, 1.807) is 0 Å². The Bertz CT molecular complexity index is 214. The van der Waals surface area contributed by atoms with Gasteiger partial charge in [-0.1, -0.05) is 13.3 Å². The third kappa shape index (κ3) is 1.90. The van der Waals surface area contributed by atoms with Crippen LogP contribution in [0.3, 0.4) is 0 Å². The molecule has 1 nitrogen and oxygen atoms in total. The molecule has 0 aromatic rings. The third-order valence-electron chi connectivity index (χ3n) is 4.02. The van der Waals surface area contributed by atoms with Crippen molar-refractivity contribution in [2.45, 2.75) is 39.0 Å². The van der Waals surface area contributed by atoms with Crippen LogP contribution >= 0.6 is 11.6 Å². The van der Waals surface area contributed by atoms with Crippen molar-refractivity contribution < 1.29 is 4.79 Å². The first kappa shape index (κ1) is 9.51. The Labute approximate surface area is 84.8 Å². The van der Waals surface area contributed by atoms with Gasteiger partial charge < -0.3 is 0 Å². The zero-order chi connectivity index (χ0) is 9.42. The summed E-state index contributed by atoms with van der Waals surface area (Å²) >= 11 is 5.47. The fourth-order valence-corrected chi connectivity index (χ4v) is 3.61. The van der Waals surface area contributed by atoms with Gasteiger partial charge in [-0.25, -0.2) is 0 Å². The molecule has 2 aliphatic carbocycles. The second-order valence-electron chi connectivity index (χ2n) is 4.88. The first-order valence-electron chi connectivity index (χ1n) is 5.35. The minimum absolute atomic E-state index is 0.137. The Hall–Kier alpha value is -0.0400. The molecule has 0 saturated heterocycles. The summed E-state index contributed by atoms with van der Waals surface area (Å²) in [7, 11) is 0. The molecule has 2 fully saturated rings. The Morgan fingerprint density at radius 3 is 2.85 bits per heavy atom. The highest BCUT2D eigenvalue weighted by molar-refractivity contribution is 6.63. The molecule has 0 aliphatic heterocycles. The summed E-state index contributed by atoms with van der Waals surface area (Å²) in [6.07, 6.45) is 6.02. The maximum absolute atomic E-state index is 10.9. The van der Waals surface area contributed by atoms with E-state index in [-0.39, 0.29) is 5.24 Å². The molecule has 13 heavy (non-hydrogen) atoms. The van der Waals surface area contributed by atoms with Gasteiger partial charge in [-0.15, -0.1) is 0 Å². The van der Waals surface area contributed by atoms with Gasteiger partial charge in [-0.2, -0.15) is 0 Å². The number of hydrogen-bond acceptors (Lipinski definition) is 1. The van der Waals surface area contributed by atoms with Crippen LogP contribution in [0.25, 0.3) is 0 Å². The van der Waals surface area contributed by atoms with Crippen molar-refractivity contribution >= 4 is 16.8 Å². The van der Waals surface area contributed by atoms with Crippen LogP contribution in [-0.2, 0) is 4.79 Å². The molecule has 4 unspecified atom stereocenters. The van der Waals surface area contributed by atoms with Gasteiger partial charge in [-0.05, 0) is 54.5 Å². The third-order valence-corrected chi connectivity index (χ3v) is 4.17. The fourth-order valence-electron chi connectivity index (χ4n) is 3.43. The van der Waals surface area contributed by atoms with Gasteiger partial charge in [0.1, 0.15) is 0 Å². The van der Waals surface area contributed by atoms with E-state index >= 15 is 0 Å². The highest BCUT2D eigenvalue weighted by Crippen LogP contribution is 2.49. The van der Waals surface area contributed by atoms with E-state index in [0.29, 0.717) is 18.3 Å². The summed E-state index contributed by atoms with van der Waals surface area (Å²) < 4.78 is 0. The van der Waals surface area contributed by atoms with Gasteiger partial charge in [0, 0.05) is 6.42 Å². The molecular formula is C11H17ClO. The maximum atomic E-state index is 10.9. The quantitative estimate of drug-likeness (QED) is 0.626. The highest BCUT2D eigenvalue weighted by atomic mass is 35.5. The van der Waals surface area contributed by atoms with Crippen LogP contribution in [0.5, 0.6) is 0 Å². The van der Waals surface area contributed by atoms with E-state index in [1.807, 2.05) is 0 Å². The van der Waals surface area contributed by atoms with Crippen molar-refractivity contribution in [3.63, 3.8) is 0 Å². The Morgan fingerprint density at radius 1 is 1.38 bits per heavy atom. The van der Waals surface area contributed by atoms with Crippen LogP contribution in [0.15, 0.2) is 0 Å². The number of carbonyl (C=O) groups is 1. The Kier molecular flexibility index (Phi) is 2.64. The Morgan fingerprint density at radius 2 is 2.15 bits per heavy atom. The predicted octanol–water partition coefficient (Wildman–Crippen LogP) is 3.21. The molecule has 2 aliphatic rings. The molecule has 0 amide bonds. The van der Waals surface area contributed by atoms with Gasteiger partial charge >= 0.3 is 0 Å². The highest BCUT2D eigenvalue weighted by Gasteiger charge is 2.40. The molecule has 2 rings (SSSR count). The molecule has 2 bridgehead atoms. The van der Waals surface area contributed by atoms with Gasteiger partial charge in [-0.3, -0.25) is 4.79 Å². The van der Waals surface area contributed by atoms with E-state index in [9.17, 15) is 4.79 Å². The van der Waals surface area contributed by atoms with Crippen molar-refractivity contribution in [3.8, 4) is 0 Å². The Balaban J connectivity index is 2.03. The van der Waals surface area contributed by atoms with Crippen LogP contribution in [0, 0.1) is 23.7 Å². The number of rotatable bonds is 2. The number of carbonyl (C=O) groups excluding carboxylic acids is 1. The summed E-state index contributed by atoms with van der Waals surface area (Å²) in [4.78, 5) is 10.9. The van der Waals surface area contributed by atoms with Crippen LogP contribution < -0.4 is 0 Å². The SMILES string of the molecule is CC1CC2CCC(C2)C1CC(=O)Cl. The van der Waals surface area contributed by atoms with Crippen molar-refractivity contribution in [1.82, 2.24) is 0 Å². The van der Waals surface area contributed by atoms with E-state index in [1.165, 1.54) is 25.7 Å². The molecule has 2 heteroatoms. The van der Waals surface area contributed by atoms with Crippen molar-refractivity contribution in [1.29, 1.82) is 0 Å². The molecule has 0 aromatic heterocycles. The average Bonchev–Trinajstić information content (AvgIpc) is 2.42. The summed E-state index contributed by atoms with van der Waals surface area (Å²) in [5.41, 5.74) is 0. The smallest absolute Gasteiger partial charge is 0.221 e. The second kappa shape index (κ2) is 3.61. The minimum atomic E-state index is -0.137. The standard InChI is InChI=1S/C11H17ClO/c1-7-4-8-2-3-9(5-8)10(7)6-11(12)13/h7-10H,2-6H2,1H3. The average molecular weight is 201 g/mol. The molecule has 0 radical (unpaired) electrons. The zero-order valence-corrected chi connectivity index (χ0v) is 8.89. The van der Waals surface area contributed by atoms with Crippen molar-refractivity contribution in [2.75, 3.05) is 0 Å². The van der Waals surface area contributed by atoms with Crippen LogP contribution in [0.2, 0.25) is 0 Å². The van der Waals surface area contributed by atoms with E-state index in [4.69, 9.17) is 11.6 Å². The first-order valence-corrected chi connectivity index (χ1v) is 5.73. The molecule has 2 saturated carbocycles. The zero-order valence-electron chi connectivity index (χ0n) is 8.13. The van der Waals surface area contributed by atoms with Crippen LogP contribution in [0.1, 0.15) is 39.0 Å². The lowest BCUT2D eigenvalue weighted by Crippen LogP contribution is -2.27. The summed E-state index contributed by atoms with van der Waals surface area (Å²) in [6, 6.07) is 0. The largest absolute Gasteiger partial charge is 0.281 e. The topological polar surface area (TPSA) is 17.1 Å². The minimum Gasteiger partial charge on any atom is -0.281 e. The van der Waals surface area contributed by atoms with Gasteiger partial charge in [0.25, 0.3) is 0 Å². The van der Waals surface area contributed by atoms with E-state index < -0.39 is 0 Å². The second-order valence-corrected chi connectivity index (χ2v) is 5.30. The van der Waals surface area contributed by atoms with Crippen molar-refractivity contribution in [2.24, 2.45) is 23.7 Å².